The van der Waals surface area contributed by atoms with E-state index >= 15 is 0 Å². The summed E-state index contributed by atoms with van der Waals surface area (Å²) >= 11 is 0. The van der Waals surface area contributed by atoms with Crippen molar-refractivity contribution in [2.75, 3.05) is 13.2 Å². The second-order valence-corrected chi connectivity index (χ2v) is 6.72. The Bertz CT molecular complexity index is 554. The normalized spacial score (nSPS) is 28.3. The van der Waals surface area contributed by atoms with E-state index in [2.05, 4.69) is 5.32 Å². The number of benzene rings is 1. The van der Waals surface area contributed by atoms with E-state index in [9.17, 15) is 20.1 Å². The molecule has 0 aliphatic carbocycles. The largest absolute Gasteiger partial charge is 0.465 e. The Morgan fingerprint density at radius 1 is 1.27 bits per heavy atom. The molecule has 4 N–H and O–H groups in total. The van der Waals surface area contributed by atoms with Crippen LogP contribution in [0.4, 0.5) is 0 Å². The predicted molar refractivity (Wildman–Crippen MR) is 95.5 cm³/mol. The lowest BCUT2D eigenvalue weighted by Crippen LogP contribution is -2.55. The van der Waals surface area contributed by atoms with E-state index in [1.165, 1.54) is 0 Å². The third kappa shape index (κ3) is 5.75. The molecular formula is C19H29NO6. The lowest BCUT2D eigenvalue weighted by Gasteiger charge is -2.36. The number of carbonyl (C=O) groups excluding carboxylic acids is 1. The summed E-state index contributed by atoms with van der Waals surface area (Å²) in [5, 5.41) is 32.6. The average Bonchev–Trinajstić information content (AvgIpc) is 2.63. The summed E-state index contributed by atoms with van der Waals surface area (Å²) in [7, 11) is 0. The van der Waals surface area contributed by atoms with E-state index in [0.29, 0.717) is 19.4 Å². The van der Waals surface area contributed by atoms with Gasteiger partial charge in [0.1, 0.15) is 24.4 Å². The zero-order valence-corrected chi connectivity index (χ0v) is 15.2. The summed E-state index contributed by atoms with van der Waals surface area (Å²) < 4.78 is 10.6. The van der Waals surface area contributed by atoms with E-state index in [0.717, 1.165) is 5.56 Å². The standard InChI is InChI=1S/C19H29NO6/c1-3-25-19(24)14(10-13-7-5-4-6-8-13)20-12(2)9-16-18(23)17(22)15(21)11-26-16/h4-8,12,14-18,20-23H,3,9-11H2,1-2H3/t12?,14?,15-,16?,17+,18+/m1/s1. The first kappa shape index (κ1) is 20.8. The van der Waals surface area contributed by atoms with Gasteiger partial charge in [-0.05, 0) is 32.3 Å². The number of hydrogen-bond acceptors (Lipinski definition) is 7. The van der Waals surface area contributed by atoms with Gasteiger partial charge in [0.15, 0.2) is 0 Å². The highest BCUT2D eigenvalue weighted by Crippen LogP contribution is 2.20. The van der Waals surface area contributed by atoms with Crippen LogP contribution in [-0.2, 0) is 20.7 Å². The molecule has 1 aromatic rings. The van der Waals surface area contributed by atoms with Gasteiger partial charge < -0.3 is 30.1 Å². The molecule has 1 aromatic carbocycles. The van der Waals surface area contributed by atoms with Crippen LogP contribution >= 0.6 is 0 Å². The molecule has 1 heterocycles. The molecule has 3 unspecified atom stereocenters. The lowest BCUT2D eigenvalue weighted by atomic mass is 9.95. The Morgan fingerprint density at radius 3 is 2.62 bits per heavy atom. The third-order valence-electron chi connectivity index (χ3n) is 4.53. The number of aliphatic hydroxyl groups excluding tert-OH is 3. The fourth-order valence-corrected chi connectivity index (χ4v) is 3.14. The van der Waals surface area contributed by atoms with Crippen molar-refractivity contribution in [2.45, 2.75) is 63.2 Å². The number of hydrogen-bond donors (Lipinski definition) is 4. The zero-order valence-electron chi connectivity index (χ0n) is 15.2. The second kappa shape index (κ2) is 9.99. The first-order valence-electron chi connectivity index (χ1n) is 9.04. The van der Waals surface area contributed by atoms with Gasteiger partial charge in [-0.15, -0.1) is 0 Å². The van der Waals surface area contributed by atoms with Crippen molar-refractivity contribution in [3.05, 3.63) is 35.9 Å². The van der Waals surface area contributed by atoms with Gasteiger partial charge in [0.2, 0.25) is 0 Å². The van der Waals surface area contributed by atoms with Crippen molar-refractivity contribution in [1.82, 2.24) is 5.32 Å². The minimum atomic E-state index is -1.23. The van der Waals surface area contributed by atoms with Gasteiger partial charge >= 0.3 is 5.97 Å². The van der Waals surface area contributed by atoms with Gasteiger partial charge in [-0.25, -0.2) is 0 Å². The second-order valence-electron chi connectivity index (χ2n) is 6.72. The number of nitrogens with one attached hydrogen (secondary N) is 1. The molecule has 0 spiro atoms. The fourth-order valence-electron chi connectivity index (χ4n) is 3.14. The van der Waals surface area contributed by atoms with Crippen molar-refractivity contribution in [3.63, 3.8) is 0 Å². The number of aliphatic hydroxyl groups is 3. The zero-order chi connectivity index (χ0) is 19.1. The molecule has 0 saturated carbocycles. The molecule has 2 rings (SSSR count). The Labute approximate surface area is 153 Å². The Balaban J connectivity index is 1.96. The summed E-state index contributed by atoms with van der Waals surface area (Å²) in [6, 6.07) is 8.95. The SMILES string of the molecule is CCOC(=O)C(Cc1ccccc1)NC(C)CC1OC[C@@H](O)[C@H](O)[C@H]1O. The summed E-state index contributed by atoms with van der Waals surface area (Å²) in [6.07, 6.45) is -3.23. The molecule has 0 bridgehead atoms. The van der Waals surface area contributed by atoms with Crippen LogP contribution in [0.2, 0.25) is 0 Å². The van der Waals surface area contributed by atoms with Crippen LogP contribution in [0.25, 0.3) is 0 Å². The minimum absolute atomic E-state index is 0.0269. The molecule has 7 nitrogen and oxygen atoms in total. The quantitative estimate of drug-likeness (QED) is 0.479. The molecule has 1 saturated heterocycles. The maximum atomic E-state index is 12.3. The Kier molecular flexibility index (Phi) is 7.99. The smallest absolute Gasteiger partial charge is 0.323 e. The molecule has 7 heteroatoms. The van der Waals surface area contributed by atoms with Crippen molar-refractivity contribution < 1.29 is 29.6 Å². The van der Waals surface area contributed by atoms with Crippen LogP contribution in [0, 0.1) is 0 Å². The maximum absolute atomic E-state index is 12.3. The van der Waals surface area contributed by atoms with Crippen LogP contribution < -0.4 is 5.32 Å². The molecule has 0 aromatic heterocycles. The Hall–Kier alpha value is -1.51. The maximum Gasteiger partial charge on any atom is 0.323 e. The molecular weight excluding hydrogens is 338 g/mol. The first-order chi connectivity index (χ1) is 12.4. The minimum Gasteiger partial charge on any atom is -0.465 e. The van der Waals surface area contributed by atoms with Crippen molar-refractivity contribution in [1.29, 1.82) is 0 Å². The fraction of sp³-hybridized carbons (Fsp3) is 0.632. The van der Waals surface area contributed by atoms with Crippen molar-refractivity contribution in [3.8, 4) is 0 Å². The van der Waals surface area contributed by atoms with Gasteiger partial charge in [0.25, 0.3) is 0 Å². The highest BCUT2D eigenvalue weighted by atomic mass is 16.5. The van der Waals surface area contributed by atoms with E-state index in [4.69, 9.17) is 9.47 Å². The summed E-state index contributed by atoms with van der Waals surface area (Å²) in [4.78, 5) is 12.3. The van der Waals surface area contributed by atoms with Gasteiger partial charge in [0, 0.05) is 6.04 Å². The van der Waals surface area contributed by atoms with E-state index < -0.39 is 30.5 Å². The number of carbonyl (C=O) groups is 1. The van der Waals surface area contributed by atoms with E-state index in [-0.39, 0.29) is 18.6 Å². The topological polar surface area (TPSA) is 108 Å². The van der Waals surface area contributed by atoms with Crippen LogP contribution in [0.5, 0.6) is 0 Å². The summed E-state index contributed by atoms with van der Waals surface area (Å²) in [5.41, 5.74) is 1.01. The van der Waals surface area contributed by atoms with Gasteiger partial charge in [-0.3, -0.25) is 4.79 Å². The lowest BCUT2D eigenvalue weighted by molar-refractivity contribution is -0.189. The van der Waals surface area contributed by atoms with Crippen molar-refractivity contribution >= 4 is 5.97 Å². The number of rotatable bonds is 8. The number of ether oxygens (including phenoxy) is 2. The predicted octanol–water partition coefficient (Wildman–Crippen LogP) is 0.0105. The van der Waals surface area contributed by atoms with Crippen LogP contribution in [0.3, 0.4) is 0 Å². The monoisotopic (exact) mass is 367 g/mol. The highest BCUT2D eigenvalue weighted by Gasteiger charge is 2.38. The third-order valence-corrected chi connectivity index (χ3v) is 4.53. The molecule has 1 aliphatic rings. The van der Waals surface area contributed by atoms with Crippen LogP contribution in [0.15, 0.2) is 30.3 Å². The highest BCUT2D eigenvalue weighted by molar-refractivity contribution is 5.76. The van der Waals surface area contributed by atoms with Gasteiger partial charge in [-0.2, -0.15) is 0 Å². The Morgan fingerprint density at radius 2 is 1.96 bits per heavy atom. The summed E-state index contributed by atoms with van der Waals surface area (Å²) in [5.74, 6) is -0.330. The van der Waals surface area contributed by atoms with Crippen LogP contribution in [-0.4, -0.2) is 71.0 Å². The molecule has 146 valence electrons. The van der Waals surface area contributed by atoms with E-state index in [1.54, 1.807) is 6.92 Å². The average molecular weight is 367 g/mol. The molecule has 1 fully saturated rings. The van der Waals surface area contributed by atoms with E-state index in [1.807, 2.05) is 37.3 Å². The number of esters is 1. The molecule has 26 heavy (non-hydrogen) atoms. The molecule has 0 radical (unpaired) electrons. The molecule has 0 amide bonds. The molecule has 1 aliphatic heterocycles. The van der Waals surface area contributed by atoms with Crippen LogP contribution in [0.1, 0.15) is 25.8 Å². The van der Waals surface area contributed by atoms with Gasteiger partial charge in [-0.1, -0.05) is 30.3 Å². The summed E-state index contributed by atoms with van der Waals surface area (Å²) in [6.45, 7) is 3.92. The first-order valence-corrected chi connectivity index (χ1v) is 9.04. The van der Waals surface area contributed by atoms with Gasteiger partial charge in [0.05, 0.1) is 19.3 Å². The van der Waals surface area contributed by atoms with Crippen molar-refractivity contribution in [2.24, 2.45) is 0 Å². The molecule has 6 atom stereocenters.